The number of nitrogen functional groups attached to an aromatic ring is 1. The third-order valence-electron chi connectivity index (χ3n) is 2.04. The van der Waals surface area contributed by atoms with E-state index in [2.05, 4.69) is 43.9 Å². The fourth-order valence-corrected chi connectivity index (χ4v) is 1.46. The molecule has 1 aromatic heterocycles. The van der Waals surface area contributed by atoms with E-state index in [-0.39, 0.29) is 0 Å². The maximum Gasteiger partial charge on any atom is 0.229 e. The van der Waals surface area contributed by atoms with Crippen molar-refractivity contribution in [3.63, 3.8) is 0 Å². The lowest BCUT2D eigenvalue weighted by Crippen LogP contribution is -2.01. The summed E-state index contributed by atoms with van der Waals surface area (Å²) < 4.78 is 0.813. The maximum atomic E-state index is 8.67. The zero-order chi connectivity index (χ0) is 12.3. The van der Waals surface area contributed by atoms with Crippen molar-refractivity contribution in [1.29, 1.82) is 5.26 Å². The number of nitrogens with zero attached hydrogens (tertiary/aromatic N) is 3. The molecule has 84 valence electrons. The second-order valence-corrected chi connectivity index (χ2v) is 4.40. The standard InChI is InChI=1S/C11H8IN5/c12-9-6-15-11(17-10(9)14)16-8-3-1-7(5-13)2-4-8/h1-4,6H,(H3,14,15,16,17). The van der Waals surface area contributed by atoms with Crippen LogP contribution >= 0.6 is 22.6 Å². The number of hydrogen-bond donors (Lipinski definition) is 2. The molecule has 0 saturated carbocycles. The molecule has 5 nitrogen and oxygen atoms in total. The number of rotatable bonds is 2. The molecule has 0 unspecified atom stereocenters. The summed E-state index contributed by atoms with van der Waals surface area (Å²) in [5, 5.41) is 11.7. The number of nitrogens with one attached hydrogen (secondary N) is 1. The van der Waals surface area contributed by atoms with Crippen LogP contribution in [-0.4, -0.2) is 9.97 Å². The second-order valence-electron chi connectivity index (χ2n) is 3.24. The van der Waals surface area contributed by atoms with Crippen LogP contribution in [0.1, 0.15) is 5.56 Å². The normalized spacial score (nSPS) is 9.65. The van der Waals surface area contributed by atoms with Gasteiger partial charge in [-0.1, -0.05) is 0 Å². The van der Waals surface area contributed by atoms with Gasteiger partial charge in [0.25, 0.3) is 0 Å². The van der Waals surface area contributed by atoms with Crippen molar-refractivity contribution >= 4 is 40.0 Å². The van der Waals surface area contributed by atoms with Gasteiger partial charge in [0.15, 0.2) is 0 Å². The lowest BCUT2D eigenvalue weighted by atomic mass is 10.2. The van der Waals surface area contributed by atoms with E-state index in [1.807, 2.05) is 0 Å². The fraction of sp³-hybridized carbons (Fsp3) is 0. The Kier molecular flexibility index (Phi) is 3.39. The van der Waals surface area contributed by atoms with E-state index in [1.54, 1.807) is 30.5 Å². The number of hydrogen-bond acceptors (Lipinski definition) is 5. The van der Waals surface area contributed by atoms with Gasteiger partial charge in [-0.3, -0.25) is 0 Å². The molecule has 0 amide bonds. The Balaban J connectivity index is 2.20. The molecule has 0 bridgehead atoms. The number of benzene rings is 1. The number of aromatic nitrogens is 2. The van der Waals surface area contributed by atoms with E-state index in [4.69, 9.17) is 11.0 Å². The molecule has 0 aliphatic rings. The van der Waals surface area contributed by atoms with Crippen LogP contribution < -0.4 is 11.1 Å². The number of halogens is 1. The Morgan fingerprint density at radius 3 is 2.59 bits per heavy atom. The van der Waals surface area contributed by atoms with Gasteiger partial charge >= 0.3 is 0 Å². The molecule has 0 aliphatic carbocycles. The average Bonchev–Trinajstić information content (AvgIpc) is 2.35. The first-order valence-corrected chi connectivity index (χ1v) is 5.82. The molecule has 0 atom stereocenters. The molecule has 1 heterocycles. The molecule has 0 spiro atoms. The maximum absolute atomic E-state index is 8.67. The van der Waals surface area contributed by atoms with E-state index in [0.717, 1.165) is 9.26 Å². The molecule has 17 heavy (non-hydrogen) atoms. The third kappa shape index (κ3) is 2.82. The Morgan fingerprint density at radius 1 is 1.29 bits per heavy atom. The molecule has 0 saturated heterocycles. The van der Waals surface area contributed by atoms with Gasteiger partial charge in [0.05, 0.1) is 15.2 Å². The molecular weight excluding hydrogens is 329 g/mol. The molecule has 0 aliphatic heterocycles. The Bertz CT molecular complexity index is 573. The third-order valence-corrected chi connectivity index (χ3v) is 2.87. The highest BCUT2D eigenvalue weighted by atomic mass is 127. The van der Waals surface area contributed by atoms with E-state index in [9.17, 15) is 0 Å². The lowest BCUT2D eigenvalue weighted by molar-refractivity contribution is 1.16. The quantitative estimate of drug-likeness (QED) is 0.821. The minimum absolute atomic E-state index is 0.438. The van der Waals surface area contributed by atoms with Crippen LogP contribution in [-0.2, 0) is 0 Å². The smallest absolute Gasteiger partial charge is 0.229 e. The van der Waals surface area contributed by atoms with Crippen molar-refractivity contribution in [2.24, 2.45) is 0 Å². The number of nitrogens with two attached hydrogens (primary N) is 1. The molecule has 0 fully saturated rings. The number of nitriles is 1. The topological polar surface area (TPSA) is 87.6 Å². The zero-order valence-electron chi connectivity index (χ0n) is 8.68. The Labute approximate surface area is 112 Å². The Hall–Kier alpha value is -1.88. The van der Waals surface area contributed by atoms with Gasteiger partial charge in [-0.15, -0.1) is 0 Å². The van der Waals surface area contributed by atoms with Crippen molar-refractivity contribution in [1.82, 2.24) is 9.97 Å². The SMILES string of the molecule is N#Cc1ccc(Nc2ncc(I)c(N)n2)cc1. The largest absolute Gasteiger partial charge is 0.383 e. The van der Waals surface area contributed by atoms with Gasteiger partial charge < -0.3 is 11.1 Å². The van der Waals surface area contributed by atoms with Crippen molar-refractivity contribution in [2.45, 2.75) is 0 Å². The van der Waals surface area contributed by atoms with Gasteiger partial charge in [-0.25, -0.2) is 4.98 Å². The molecule has 6 heteroatoms. The monoisotopic (exact) mass is 337 g/mol. The number of anilines is 3. The van der Waals surface area contributed by atoms with Crippen molar-refractivity contribution < 1.29 is 0 Å². The van der Waals surface area contributed by atoms with E-state index in [0.29, 0.717) is 17.3 Å². The Morgan fingerprint density at radius 2 is 2.00 bits per heavy atom. The fourth-order valence-electron chi connectivity index (χ4n) is 1.20. The predicted octanol–water partition coefficient (Wildman–Crippen LogP) is 2.28. The summed E-state index contributed by atoms with van der Waals surface area (Å²) in [6, 6.07) is 9.07. The predicted molar refractivity (Wildman–Crippen MR) is 73.6 cm³/mol. The van der Waals surface area contributed by atoms with Crippen LogP contribution in [0.15, 0.2) is 30.5 Å². The highest BCUT2D eigenvalue weighted by Gasteiger charge is 2.01. The highest BCUT2D eigenvalue weighted by Crippen LogP contribution is 2.16. The molecular formula is C11H8IN5. The van der Waals surface area contributed by atoms with Gasteiger partial charge in [0.2, 0.25) is 5.95 Å². The highest BCUT2D eigenvalue weighted by molar-refractivity contribution is 14.1. The van der Waals surface area contributed by atoms with Gasteiger partial charge in [0, 0.05) is 11.9 Å². The lowest BCUT2D eigenvalue weighted by Gasteiger charge is -2.05. The molecule has 1 aromatic carbocycles. The van der Waals surface area contributed by atoms with Crippen LogP contribution in [0.4, 0.5) is 17.5 Å². The second kappa shape index (κ2) is 4.97. The minimum Gasteiger partial charge on any atom is -0.383 e. The average molecular weight is 337 g/mol. The first kappa shape index (κ1) is 11.6. The van der Waals surface area contributed by atoms with Crippen LogP contribution in [0.5, 0.6) is 0 Å². The first-order valence-electron chi connectivity index (χ1n) is 4.74. The van der Waals surface area contributed by atoms with Gasteiger partial charge in [-0.2, -0.15) is 10.2 Å². The summed E-state index contributed by atoms with van der Waals surface area (Å²) in [5.74, 6) is 0.879. The van der Waals surface area contributed by atoms with E-state index >= 15 is 0 Å². The van der Waals surface area contributed by atoms with Crippen molar-refractivity contribution in [3.05, 3.63) is 39.6 Å². The van der Waals surface area contributed by atoms with Crippen LogP contribution in [0, 0.1) is 14.9 Å². The summed E-state index contributed by atoms with van der Waals surface area (Å²) in [6.45, 7) is 0. The first-order chi connectivity index (χ1) is 8.19. The van der Waals surface area contributed by atoms with Crippen molar-refractivity contribution in [2.75, 3.05) is 11.1 Å². The summed E-state index contributed by atoms with van der Waals surface area (Å²) in [7, 11) is 0. The summed E-state index contributed by atoms with van der Waals surface area (Å²) in [5.41, 5.74) is 7.10. The van der Waals surface area contributed by atoms with Gasteiger partial charge in [0.1, 0.15) is 5.82 Å². The summed E-state index contributed by atoms with van der Waals surface area (Å²) in [4.78, 5) is 8.20. The van der Waals surface area contributed by atoms with Crippen molar-refractivity contribution in [3.8, 4) is 6.07 Å². The van der Waals surface area contributed by atoms with Crippen LogP contribution in [0.2, 0.25) is 0 Å². The minimum atomic E-state index is 0.438. The molecule has 0 radical (unpaired) electrons. The molecule has 2 rings (SSSR count). The van der Waals surface area contributed by atoms with Crippen LogP contribution in [0.25, 0.3) is 0 Å². The summed E-state index contributed by atoms with van der Waals surface area (Å²) in [6.07, 6.45) is 1.65. The molecule has 2 aromatic rings. The zero-order valence-corrected chi connectivity index (χ0v) is 10.8. The van der Waals surface area contributed by atoms with Crippen LogP contribution in [0.3, 0.4) is 0 Å². The molecule has 3 N–H and O–H groups in total. The van der Waals surface area contributed by atoms with Gasteiger partial charge in [-0.05, 0) is 46.9 Å². The van der Waals surface area contributed by atoms with E-state index < -0.39 is 0 Å². The summed E-state index contributed by atoms with van der Waals surface area (Å²) >= 11 is 2.07. The van der Waals surface area contributed by atoms with E-state index in [1.165, 1.54) is 0 Å².